The van der Waals surface area contributed by atoms with Crippen molar-refractivity contribution in [2.45, 2.75) is 243 Å². The second-order valence-corrected chi connectivity index (χ2v) is 17.7. The Morgan fingerprint density at radius 1 is 0.517 bits per heavy atom. The van der Waals surface area contributed by atoms with E-state index >= 15 is 0 Å². The molecular weight excluding hydrogens is 767 g/mol. The van der Waals surface area contributed by atoms with Crippen molar-refractivity contribution in [3.63, 3.8) is 0 Å². The molecule has 0 radical (unpaired) electrons. The number of carbonyl (C=O) groups excluding carboxylic acids is 2. The molecule has 342 valence electrons. The van der Waals surface area contributed by atoms with Crippen LogP contribution in [0.5, 0.6) is 0 Å². The molecule has 1 fully saturated rings. The summed E-state index contributed by atoms with van der Waals surface area (Å²) < 4.78 is 33.5. The number of phosphoric acid groups is 1. The minimum Gasteiger partial charge on any atom is -0.462 e. The van der Waals surface area contributed by atoms with Crippen LogP contribution >= 0.6 is 7.82 Å². The number of phosphoric ester groups is 1. The number of hydrogen-bond acceptors (Lipinski definition) is 12. The van der Waals surface area contributed by atoms with Crippen molar-refractivity contribution in [3.8, 4) is 0 Å². The smallest absolute Gasteiger partial charge is 0.462 e. The summed E-state index contributed by atoms with van der Waals surface area (Å²) in [5.74, 6) is -1.10. The van der Waals surface area contributed by atoms with Crippen molar-refractivity contribution >= 4 is 19.8 Å². The maximum Gasteiger partial charge on any atom is 0.472 e. The second-order valence-electron chi connectivity index (χ2n) is 16.3. The van der Waals surface area contributed by atoms with E-state index in [0.717, 1.165) is 51.4 Å². The molecule has 6 unspecified atom stereocenters. The second kappa shape index (κ2) is 35.2. The molecule has 0 saturated heterocycles. The molecule has 6 atom stereocenters. The highest BCUT2D eigenvalue weighted by Crippen LogP contribution is 2.47. The Balaban J connectivity index is 2.44. The fourth-order valence-corrected chi connectivity index (χ4v) is 8.08. The van der Waals surface area contributed by atoms with Gasteiger partial charge in [0.25, 0.3) is 0 Å². The van der Waals surface area contributed by atoms with Crippen LogP contribution in [0.3, 0.4) is 0 Å². The van der Waals surface area contributed by atoms with Crippen LogP contribution < -0.4 is 0 Å². The van der Waals surface area contributed by atoms with Crippen LogP contribution in [0.4, 0.5) is 0 Å². The van der Waals surface area contributed by atoms with Gasteiger partial charge in [0.2, 0.25) is 0 Å². The molecule has 0 aromatic heterocycles. The molecule has 1 saturated carbocycles. The first-order valence-corrected chi connectivity index (χ1v) is 24.5. The van der Waals surface area contributed by atoms with Crippen LogP contribution in [0.25, 0.3) is 0 Å². The van der Waals surface area contributed by atoms with Gasteiger partial charge in [-0.15, -0.1) is 0 Å². The average molecular weight is 851 g/mol. The average Bonchev–Trinajstić information content (AvgIpc) is 3.20. The zero-order valence-corrected chi connectivity index (χ0v) is 37.0. The summed E-state index contributed by atoms with van der Waals surface area (Å²) in [7, 11) is -5.11. The molecule has 0 amide bonds. The zero-order valence-electron chi connectivity index (χ0n) is 36.1. The molecule has 58 heavy (non-hydrogen) atoms. The Morgan fingerprint density at radius 2 is 0.879 bits per heavy atom. The summed E-state index contributed by atoms with van der Waals surface area (Å²) in [6.07, 6.45) is 22.7. The zero-order chi connectivity index (χ0) is 42.9. The summed E-state index contributed by atoms with van der Waals surface area (Å²) in [4.78, 5) is 35.6. The van der Waals surface area contributed by atoms with Crippen molar-refractivity contribution in [1.29, 1.82) is 0 Å². The summed E-state index contributed by atoms with van der Waals surface area (Å²) >= 11 is 0. The number of unbranched alkanes of at least 4 members (excludes halogenated alkanes) is 24. The van der Waals surface area contributed by atoms with Gasteiger partial charge < -0.3 is 39.9 Å². The molecule has 1 aliphatic carbocycles. The van der Waals surface area contributed by atoms with Gasteiger partial charge in [-0.3, -0.25) is 18.6 Å². The van der Waals surface area contributed by atoms with Crippen LogP contribution in [0, 0.1) is 0 Å². The van der Waals surface area contributed by atoms with E-state index in [2.05, 4.69) is 26.0 Å². The Morgan fingerprint density at radius 3 is 1.31 bits per heavy atom. The number of aliphatic hydroxyl groups is 5. The molecule has 0 heterocycles. The Kier molecular flexibility index (Phi) is 33.2. The molecule has 0 bridgehead atoms. The number of rotatable bonds is 38. The summed E-state index contributed by atoms with van der Waals surface area (Å²) in [5, 5.41) is 50.1. The third-order valence-corrected chi connectivity index (χ3v) is 11.8. The van der Waals surface area contributed by atoms with E-state index in [4.69, 9.17) is 18.5 Å². The van der Waals surface area contributed by atoms with E-state index in [1.807, 2.05) is 0 Å². The number of aliphatic hydroxyl groups excluding tert-OH is 5. The van der Waals surface area contributed by atoms with Crippen molar-refractivity contribution in [2.24, 2.45) is 0 Å². The van der Waals surface area contributed by atoms with Crippen molar-refractivity contribution in [1.82, 2.24) is 0 Å². The molecule has 0 aromatic carbocycles. The van der Waals surface area contributed by atoms with Crippen LogP contribution in [0.15, 0.2) is 12.2 Å². The highest BCUT2D eigenvalue weighted by Gasteiger charge is 2.51. The first kappa shape index (κ1) is 54.6. The van der Waals surface area contributed by atoms with E-state index in [-0.39, 0.29) is 12.8 Å². The van der Waals surface area contributed by atoms with E-state index in [0.29, 0.717) is 12.8 Å². The first-order chi connectivity index (χ1) is 27.9. The van der Waals surface area contributed by atoms with Gasteiger partial charge in [-0.1, -0.05) is 161 Å². The molecule has 1 rings (SSSR count). The van der Waals surface area contributed by atoms with Crippen molar-refractivity contribution < 1.29 is 63.1 Å². The van der Waals surface area contributed by atoms with Crippen LogP contribution in [0.2, 0.25) is 0 Å². The van der Waals surface area contributed by atoms with Gasteiger partial charge in [0, 0.05) is 12.8 Å². The number of ether oxygens (including phenoxy) is 2. The maximum atomic E-state index is 12.8. The van der Waals surface area contributed by atoms with Crippen LogP contribution in [-0.2, 0) is 32.7 Å². The van der Waals surface area contributed by atoms with Crippen molar-refractivity contribution in [2.75, 3.05) is 13.2 Å². The Labute approximate surface area is 350 Å². The van der Waals surface area contributed by atoms with Gasteiger partial charge in [-0.05, 0) is 38.5 Å². The lowest BCUT2D eigenvalue weighted by Crippen LogP contribution is -2.64. The molecule has 6 N–H and O–H groups in total. The fraction of sp³-hybridized carbons (Fsp3) is 0.909. The fourth-order valence-electron chi connectivity index (χ4n) is 7.11. The number of hydrogen-bond donors (Lipinski definition) is 6. The largest absolute Gasteiger partial charge is 0.472 e. The van der Waals surface area contributed by atoms with Crippen LogP contribution in [-0.4, -0.2) is 98.3 Å². The predicted molar refractivity (Wildman–Crippen MR) is 226 cm³/mol. The highest BCUT2D eigenvalue weighted by atomic mass is 31.2. The Bertz CT molecular complexity index is 1080. The van der Waals surface area contributed by atoms with Crippen LogP contribution in [0.1, 0.15) is 200 Å². The lowest BCUT2D eigenvalue weighted by molar-refractivity contribution is -0.220. The van der Waals surface area contributed by atoms with Gasteiger partial charge >= 0.3 is 19.8 Å². The lowest BCUT2D eigenvalue weighted by Gasteiger charge is -2.41. The topological polar surface area (TPSA) is 210 Å². The standard InChI is InChI=1S/C44H83O13P/c1-3-5-7-9-11-13-15-16-17-18-19-20-21-23-25-27-29-31-33-38(46)56-36(34-54-37(45)32-30-28-26-24-22-14-12-10-8-6-4-2)35-55-58(52,53)57-44-42(50)40(48)39(47)41(49)43(44)51/h17-18,36,39-44,47-51H,3-16,19-35H2,1-2H3,(H,52,53)/b18-17-. The number of allylic oxidation sites excluding steroid dienone is 2. The third kappa shape index (κ3) is 27.4. The summed E-state index contributed by atoms with van der Waals surface area (Å²) in [6.45, 7) is 3.29. The molecule has 1 aliphatic rings. The summed E-state index contributed by atoms with van der Waals surface area (Å²) in [5.41, 5.74) is 0. The van der Waals surface area contributed by atoms with Gasteiger partial charge in [0.15, 0.2) is 6.10 Å². The molecule has 0 aromatic rings. The van der Waals surface area contributed by atoms with Gasteiger partial charge in [0.05, 0.1) is 6.61 Å². The lowest BCUT2D eigenvalue weighted by atomic mass is 9.85. The minimum absolute atomic E-state index is 0.0958. The van der Waals surface area contributed by atoms with E-state index in [1.165, 1.54) is 109 Å². The normalized spacial score (nSPS) is 22.6. The number of carbonyl (C=O) groups is 2. The van der Waals surface area contributed by atoms with Crippen molar-refractivity contribution in [3.05, 3.63) is 12.2 Å². The quantitative estimate of drug-likeness (QED) is 0.0149. The predicted octanol–water partition coefficient (Wildman–Crippen LogP) is 8.67. The maximum absolute atomic E-state index is 12.8. The Hall–Kier alpha value is -1.41. The van der Waals surface area contributed by atoms with Gasteiger partial charge in [-0.25, -0.2) is 4.57 Å². The number of esters is 2. The monoisotopic (exact) mass is 851 g/mol. The molecule has 0 aliphatic heterocycles. The highest BCUT2D eigenvalue weighted by molar-refractivity contribution is 7.47. The van der Waals surface area contributed by atoms with Gasteiger partial charge in [-0.2, -0.15) is 0 Å². The summed E-state index contributed by atoms with van der Waals surface area (Å²) in [6, 6.07) is 0. The molecule has 14 heteroatoms. The van der Waals surface area contributed by atoms with E-state index < -0.39 is 75.7 Å². The van der Waals surface area contributed by atoms with E-state index in [1.54, 1.807) is 0 Å². The molecule has 13 nitrogen and oxygen atoms in total. The molecule has 0 spiro atoms. The van der Waals surface area contributed by atoms with Gasteiger partial charge in [0.1, 0.15) is 43.2 Å². The first-order valence-electron chi connectivity index (χ1n) is 23.0. The SMILES string of the molecule is CCCCCCCCC/C=C\CCCCCCCCCC(=O)OC(COC(=O)CCCCCCCCCCCCC)COP(=O)(O)OC1C(O)C(O)C(O)C(O)C1O. The van der Waals surface area contributed by atoms with E-state index in [9.17, 15) is 44.6 Å². The third-order valence-electron chi connectivity index (χ3n) is 10.9. The molecular formula is C44H83O13P. The minimum atomic E-state index is -5.11.